The summed E-state index contributed by atoms with van der Waals surface area (Å²) < 4.78 is 26.9. The van der Waals surface area contributed by atoms with Crippen LogP contribution in [0.1, 0.15) is 16.2 Å². The summed E-state index contributed by atoms with van der Waals surface area (Å²) in [5.74, 6) is 0.365. The Morgan fingerprint density at radius 1 is 1.32 bits per heavy atom. The van der Waals surface area contributed by atoms with Gasteiger partial charge >= 0.3 is 0 Å². The molecule has 0 bridgehead atoms. The van der Waals surface area contributed by atoms with E-state index < -0.39 is 10.0 Å². The molecule has 0 N–H and O–H groups in total. The summed E-state index contributed by atoms with van der Waals surface area (Å²) in [7, 11) is -1.34. The van der Waals surface area contributed by atoms with Crippen LogP contribution in [0.15, 0.2) is 11.0 Å². The number of sulfonamides is 1. The Bertz CT molecular complexity index is 542. The quantitative estimate of drug-likeness (QED) is 0.800. The van der Waals surface area contributed by atoms with E-state index in [9.17, 15) is 8.42 Å². The summed E-state index contributed by atoms with van der Waals surface area (Å²) in [6, 6.07) is 1.72. The third kappa shape index (κ3) is 3.31. The van der Waals surface area contributed by atoms with Crippen molar-refractivity contribution in [1.82, 2.24) is 9.21 Å². The zero-order valence-corrected chi connectivity index (χ0v) is 13.6. The fourth-order valence-electron chi connectivity index (χ4n) is 2.25. The predicted molar refractivity (Wildman–Crippen MR) is 79.5 cm³/mol. The van der Waals surface area contributed by atoms with Gasteiger partial charge in [-0.1, -0.05) is 0 Å². The number of hydrogen-bond acceptors (Lipinski definition) is 4. The molecule has 0 saturated carbocycles. The van der Waals surface area contributed by atoms with Crippen molar-refractivity contribution < 1.29 is 8.42 Å². The summed E-state index contributed by atoms with van der Waals surface area (Å²) in [6.07, 6.45) is 0.876. The minimum absolute atomic E-state index is 0.365. The lowest BCUT2D eigenvalue weighted by molar-refractivity contribution is 0.347. The molecule has 7 heteroatoms. The van der Waals surface area contributed by atoms with Gasteiger partial charge in [0.1, 0.15) is 0 Å². The number of thiophene rings is 1. The van der Waals surface area contributed by atoms with E-state index in [4.69, 9.17) is 11.6 Å². The van der Waals surface area contributed by atoms with Crippen molar-refractivity contribution in [3.63, 3.8) is 0 Å². The Labute approximate surface area is 124 Å². The van der Waals surface area contributed by atoms with Gasteiger partial charge in [0.25, 0.3) is 0 Å². The van der Waals surface area contributed by atoms with Gasteiger partial charge in [-0.05, 0) is 33.0 Å². The van der Waals surface area contributed by atoms with Gasteiger partial charge in [-0.15, -0.1) is 22.9 Å². The minimum atomic E-state index is -3.37. The first kappa shape index (κ1) is 15.3. The Hall–Kier alpha value is -0.140. The van der Waals surface area contributed by atoms with E-state index in [1.807, 2.05) is 14.0 Å². The van der Waals surface area contributed by atoms with Gasteiger partial charge in [0.15, 0.2) is 0 Å². The van der Waals surface area contributed by atoms with Crippen molar-refractivity contribution in [3.8, 4) is 0 Å². The number of rotatable bonds is 3. The molecular formula is C12H19ClN2O2S2. The minimum Gasteiger partial charge on any atom is -0.305 e. The van der Waals surface area contributed by atoms with Crippen molar-refractivity contribution in [3.05, 3.63) is 15.8 Å². The third-order valence-corrected chi connectivity index (χ3v) is 7.00. The summed E-state index contributed by atoms with van der Waals surface area (Å²) in [5.41, 5.74) is 0. The number of hydrogen-bond donors (Lipinski definition) is 0. The number of aryl methyl sites for hydroxylation is 1. The van der Waals surface area contributed by atoms with Crippen molar-refractivity contribution in [2.45, 2.75) is 24.1 Å². The highest BCUT2D eigenvalue weighted by Gasteiger charge is 2.28. The van der Waals surface area contributed by atoms with Crippen molar-refractivity contribution in [2.24, 2.45) is 0 Å². The second-order valence-electron chi connectivity index (χ2n) is 4.83. The van der Waals surface area contributed by atoms with Crippen LogP contribution < -0.4 is 0 Å². The second kappa shape index (κ2) is 6.10. The van der Waals surface area contributed by atoms with Crippen LogP contribution in [-0.2, 0) is 15.9 Å². The van der Waals surface area contributed by atoms with Crippen LogP contribution in [0.5, 0.6) is 0 Å². The lowest BCUT2D eigenvalue weighted by Crippen LogP contribution is -2.34. The van der Waals surface area contributed by atoms with Crippen LogP contribution in [0.4, 0.5) is 0 Å². The Balaban J connectivity index is 2.28. The van der Waals surface area contributed by atoms with E-state index in [-0.39, 0.29) is 0 Å². The molecule has 0 spiro atoms. The first-order valence-corrected chi connectivity index (χ1v) is 9.08. The van der Waals surface area contributed by atoms with Gasteiger partial charge in [0, 0.05) is 29.4 Å². The first-order chi connectivity index (χ1) is 8.95. The van der Waals surface area contributed by atoms with Crippen LogP contribution in [-0.4, -0.2) is 50.8 Å². The molecule has 0 amide bonds. The molecule has 2 heterocycles. The van der Waals surface area contributed by atoms with E-state index in [0.717, 1.165) is 29.3 Å². The maximum Gasteiger partial charge on any atom is 0.244 e. The summed E-state index contributed by atoms with van der Waals surface area (Å²) in [5, 5.41) is 0. The second-order valence-corrected chi connectivity index (χ2v) is 8.34. The normalized spacial score (nSPS) is 19.5. The molecule has 2 rings (SSSR count). The molecule has 1 aromatic rings. The first-order valence-electron chi connectivity index (χ1n) is 6.29. The average Bonchev–Trinajstić information content (AvgIpc) is 2.60. The molecular weight excluding hydrogens is 304 g/mol. The molecule has 0 radical (unpaired) electrons. The monoisotopic (exact) mass is 322 g/mol. The topological polar surface area (TPSA) is 40.6 Å². The zero-order chi connectivity index (χ0) is 14.0. The van der Waals surface area contributed by atoms with Crippen LogP contribution in [0.2, 0.25) is 0 Å². The zero-order valence-electron chi connectivity index (χ0n) is 11.2. The molecule has 1 fully saturated rings. The van der Waals surface area contributed by atoms with Crippen molar-refractivity contribution in [2.75, 3.05) is 33.2 Å². The van der Waals surface area contributed by atoms with Gasteiger partial charge in [0.2, 0.25) is 10.0 Å². The van der Waals surface area contributed by atoms with Gasteiger partial charge < -0.3 is 4.90 Å². The van der Waals surface area contributed by atoms with Gasteiger partial charge in [-0.2, -0.15) is 4.31 Å². The average molecular weight is 323 g/mol. The Kier molecular flexibility index (Phi) is 4.89. The van der Waals surface area contributed by atoms with E-state index in [0.29, 0.717) is 23.9 Å². The molecule has 1 aliphatic heterocycles. The third-order valence-electron chi connectivity index (χ3n) is 3.35. The maximum atomic E-state index is 12.7. The van der Waals surface area contributed by atoms with Crippen molar-refractivity contribution in [1.29, 1.82) is 0 Å². The largest absolute Gasteiger partial charge is 0.305 e. The highest BCUT2D eigenvalue weighted by molar-refractivity contribution is 7.89. The van der Waals surface area contributed by atoms with Crippen LogP contribution in [0.3, 0.4) is 0 Å². The van der Waals surface area contributed by atoms with E-state index in [2.05, 4.69) is 4.90 Å². The Morgan fingerprint density at radius 3 is 2.68 bits per heavy atom. The Morgan fingerprint density at radius 2 is 2.05 bits per heavy atom. The fourth-order valence-corrected chi connectivity index (χ4v) is 5.41. The lowest BCUT2D eigenvalue weighted by atomic mass is 10.4. The van der Waals surface area contributed by atoms with Crippen molar-refractivity contribution >= 4 is 33.0 Å². The smallest absolute Gasteiger partial charge is 0.244 e. The molecule has 1 aliphatic rings. The molecule has 1 aromatic heterocycles. The molecule has 108 valence electrons. The van der Waals surface area contributed by atoms with Crippen LogP contribution in [0.25, 0.3) is 0 Å². The maximum absolute atomic E-state index is 12.7. The molecule has 0 aliphatic carbocycles. The SMILES string of the molecule is Cc1sc(CCl)cc1S(=O)(=O)N1CCCN(C)CC1. The molecule has 0 atom stereocenters. The molecule has 0 unspecified atom stereocenters. The molecule has 19 heavy (non-hydrogen) atoms. The van der Waals surface area contributed by atoms with Crippen LogP contribution >= 0.6 is 22.9 Å². The number of halogens is 1. The van der Waals surface area contributed by atoms with E-state index in [1.165, 1.54) is 11.3 Å². The van der Waals surface area contributed by atoms with Gasteiger partial charge in [0.05, 0.1) is 10.8 Å². The highest BCUT2D eigenvalue weighted by atomic mass is 35.5. The number of nitrogens with zero attached hydrogens (tertiary/aromatic N) is 2. The van der Waals surface area contributed by atoms with Gasteiger partial charge in [-0.25, -0.2) is 8.42 Å². The molecule has 0 aromatic carbocycles. The molecule has 1 saturated heterocycles. The summed E-state index contributed by atoms with van der Waals surface area (Å²) in [6.45, 7) is 4.73. The molecule has 4 nitrogen and oxygen atoms in total. The predicted octanol–water partition coefficient (Wildman–Crippen LogP) is 2.12. The fraction of sp³-hybridized carbons (Fsp3) is 0.667. The van der Waals surface area contributed by atoms with Crippen LogP contribution in [0, 0.1) is 6.92 Å². The number of likely N-dealkylation sites (N-methyl/N-ethyl adjacent to an activating group) is 1. The van der Waals surface area contributed by atoms with Gasteiger partial charge in [-0.3, -0.25) is 0 Å². The number of alkyl halides is 1. The summed E-state index contributed by atoms with van der Waals surface area (Å²) in [4.78, 5) is 4.33. The lowest BCUT2D eigenvalue weighted by Gasteiger charge is -2.20. The van der Waals surface area contributed by atoms with E-state index in [1.54, 1.807) is 10.4 Å². The standard InChI is InChI=1S/C12H19ClN2O2S2/c1-10-12(8-11(9-13)18-10)19(16,17)15-5-3-4-14(2)6-7-15/h8H,3-7,9H2,1-2H3. The summed E-state index contributed by atoms with van der Waals surface area (Å²) >= 11 is 7.25. The highest BCUT2D eigenvalue weighted by Crippen LogP contribution is 2.29. The van der Waals surface area contributed by atoms with E-state index >= 15 is 0 Å².